The maximum absolute atomic E-state index is 13.3. The SMILES string of the molecule is COc1cccc(COc2ccc(-c3nc(C(=O)NCc4cccc(F)c4)cs3)cc2)c1. The lowest BCUT2D eigenvalue weighted by Crippen LogP contribution is -2.23. The van der Waals surface area contributed by atoms with Crippen LogP contribution in [0.2, 0.25) is 0 Å². The zero-order chi connectivity index (χ0) is 22.3. The molecule has 0 saturated heterocycles. The van der Waals surface area contributed by atoms with Crippen molar-refractivity contribution in [3.63, 3.8) is 0 Å². The van der Waals surface area contributed by atoms with Gasteiger partial charge in [0.05, 0.1) is 7.11 Å². The molecule has 0 spiro atoms. The van der Waals surface area contributed by atoms with Crippen LogP contribution in [-0.2, 0) is 13.2 Å². The minimum absolute atomic E-state index is 0.239. The molecule has 0 bridgehead atoms. The number of hydrogen-bond acceptors (Lipinski definition) is 5. The Kier molecular flexibility index (Phi) is 6.77. The van der Waals surface area contributed by atoms with Gasteiger partial charge in [-0.2, -0.15) is 0 Å². The first kappa shape index (κ1) is 21.5. The first-order chi connectivity index (χ1) is 15.6. The van der Waals surface area contributed by atoms with Gasteiger partial charge >= 0.3 is 0 Å². The first-order valence-corrected chi connectivity index (χ1v) is 10.8. The van der Waals surface area contributed by atoms with Crippen LogP contribution in [-0.4, -0.2) is 18.0 Å². The van der Waals surface area contributed by atoms with E-state index < -0.39 is 0 Å². The van der Waals surface area contributed by atoms with E-state index >= 15 is 0 Å². The first-order valence-electron chi connectivity index (χ1n) is 9.95. The summed E-state index contributed by atoms with van der Waals surface area (Å²) < 4.78 is 24.3. The molecule has 0 aliphatic carbocycles. The number of amides is 1. The predicted molar refractivity (Wildman–Crippen MR) is 122 cm³/mol. The lowest BCUT2D eigenvalue weighted by atomic mass is 10.2. The summed E-state index contributed by atoms with van der Waals surface area (Å²) >= 11 is 1.39. The van der Waals surface area contributed by atoms with Crippen molar-refractivity contribution in [1.29, 1.82) is 0 Å². The largest absolute Gasteiger partial charge is 0.497 e. The van der Waals surface area contributed by atoms with Gasteiger partial charge in [0.15, 0.2) is 0 Å². The van der Waals surface area contributed by atoms with Crippen molar-refractivity contribution in [3.8, 4) is 22.1 Å². The van der Waals surface area contributed by atoms with Crippen LogP contribution in [0.5, 0.6) is 11.5 Å². The summed E-state index contributed by atoms with van der Waals surface area (Å²) in [5.41, 5.74) is 2.94. The Hall–Kier alpha value is -3.71. The molecule has 162 valence electrons. The molecule has 3 aromatic carbocycles. The van der Waals surface area contributed by atoms with E-state index in [1.807, 2.05) is 48.5 Å². The van der Waals surface area contributed by atoms with E-state index in [1.54, 1.807) is 24.6 Å². The molecule has 1 N–H and O–H groups in total. The molecular formula is C25H21FN2O3S. The van der Waals surface area contributed by atoms with E-state index in [-0.39, 0.29) is 18.3 Å². The predicted octanol–water partition coefficient (Wildman–Crippen LogP) is 5.47. The Morgan fingerprint density at radius 2 is 1.78 bits per heavy atom. The number of hydrogen-bond donors (Lipinski definition) is 1. The number of aromatic nitrogens is 1. The van der Waals surface area contributed by atoms with E-state index in [0.29, 0.717) is 17.9 Å². The standard InChI is InChI=1S/C25H21FN2O3S/c1-30-22-7-3-5-18(13-22)15-31-21-10-8-19(9-11-21)25-28-23(16-32-25)24(29)27-14-17-4-2-6-20(26)12-17/h2-13,16H,14-15H2,1H3,(H,27,29). The lowest BCUT2D eigenvalue weighted by molar-refractivity contribution is 0.0946. The third-order valence-corrected chi connectivity index (χ3v) is 5.61. The van der Waals surface area contributed by atoms with E-state index in [1.165, 1.54) is 23.5 Å². The minimum atomic E-state index is -0.330. The van der Waals surface area contributed by atoms with Crippen LogP contribution in [0, 0.1) is 5.82 Å². The number of benzene rings is 3. The molecule has 0 radical (unpaired) electrons. The fraction of sp³-hybridized carbons (Fsp3) is 0.120. The lowest BCUT2D eigenvalue weighted by Gasteiger charge is -2.08. The highest BCUT2D eigenvalue weighted by molar-refractivity contribution is 7.13. The monoisotopic (exact) mass is 448 g/mol. The van der Waals surface area contributed by atoms with E-state index in [9.17, 15) is 9.18 Å². The number of rotatable bonds is 8. The number of methoxy groups -OCH3 is 1. The summed E-state index contributed by atoms with van der Waals surface area (Å²) in [6.07, 6.45) is 0. The molecule has 0 fully saturated rings. The quantitative estimate of drug-likeness (QED) is 0.389. The van der Waals surface area contributed by atoms with Crippen molar-refractivity contribution in [3.05, 3.63) is 101 Å². The van der Waals surface area contributed by atoms with Crippen LogP contribution in [0.1, 0.15) is 21.6 Å². The molecule has 1 heterocycles. The topological polar surface area (TPSA) is 60.5 Å². The molecule has 0 aliphatic heterocycles. The van der Waals surface area contributed by atoms with Gasteiger partial charge in [-0.25, -0.2) is 9.37 Å². The van der Waals surface area contributed by atoms with Crippen LogP contribution in [0.4, 0.5) is 4.39 Å². The van der Waals surface area contributed by atoms with Gasteiger partial charge in [-0.05, 0) is 59.7 Å². The Morgan fingerprint density at radius 3 is 2.56 bits per heavy atom. The molecule has 5 nitrogen and oxygen atoms in total. The molecular weight excluding hydrogens is 427 g/mol. The third kappa shape index (κ3) is 5.50. The van der Waals surface area contributed by atoms with Crippen molar-refractivity contribution >= 4 is 17.2 Å². The summed E-state index contributed by atoms with van der Waals surface area (Å²) in [6, 6.07) is 21.4. The summed E-state index contributed by atoms with van der Waals surface area (Å²) in [4.78, 5) is 16.8. The third-order valence-electron chi connectivity index (χ3n) is 4.72. The molecule has 1 amide bonds. The van der Waals surface area contributed by atoms with Crippen LogP contribution in [0.15, 0.2) is 78.2 Å². The molecule has 0 unspecified atom stereocenters. The van der Waals surface area contributed by atoms with E-state index in [2.05, 4.69) is 10.3 Å². The van der Waals surface area contributed by atoms with Gasteiger partial charge in [0.2, 0.25) is 0 Å². The number of nitrogens with one attached hydrogen (secondary N) is 1. The summed E-state index contributed by atoms with van der Waals surface area (Å²) in [5, 5.41) is 5.21. The fourth-order valence-electron chi connectivity index (χ4n) is 3.05. The Morgan fingerprint density at radius 1 is 1.00 bits per heavy atom. The van der Waals surface area contributed by atoms with Crippen molar-refractivity contribution in [1.82, 2.24) is 10.3 Å². The molecule has 0 atom stereocenters. The zero-order valence-electron chi connectivity index (χ0n) is 17.4. The van der Waals surface area contributed by atoms with Crippen LogP contribution >= 0.6 is 11.3 Å². The molecule has 4 aromatic rings. The molecule has 0 aliphatic rings. The molecule has 4 rings (SSSR count). The molecule has 0 saturated carbocycles. The van der Waals surface area contributed by atoms with E-state index in [4.69, 9.17) is 9.47 Å². The Balaban J connectivity index is 1.34. The summed E-state index contributed by atoms with van der Waals surface area (Å²) in [7, 11) is 1.64. The van der Waals surface area contributed by atoms with Crippen LogP contribution in [0.3, 0.4) is 0 Å². The average Bonchev–Trinajstić information content (AvgIpc) is 3.32. The Bertz CT molecular complexity index is 1210. The number of thiazole rings is 1. The minimum Gasteiger partial charge on any atom is -0.497 e. The zero-order valence-corrected chi connectivity index (χ0v) is 18.2. The second-order valence-corrected chi connectivity index (χ2v) is 7.87. The van der Waals surface area contributed by atoms with Gasteiger partial charge in [0, 0.05) is 17.5 Å². The molecule has 1 aromatic heterocycles. The van der Waals surface area contributed by atoms with E-state index in [0.717, 1.165) is 27.6 Å². The van der Waals surface area contributed by atoms with Crippen LogP contribution in [0.25, 0.3) is 10.6 Å². The van der Waals surface area contributed by atoms with Crippen molar-refractivity contribution in [2.24, 2.45) is 0 Å². The van der Waals surface area contributed by atoms with Crippen molar-refractivity contribution < 1.29 is 18.7 Å². The van der Waals surface area contributed by atoms with Crippen molar-refractivity contribution in [2.45, 2.75) is 13.2 Å². The van der Waals surface area contributed by atoms with Gasteiger partial charge in [-0.1, -0.05) is 24.3 Å². The number of ether oxygens (including phenoxy) is 2. The highest BCUT2D eigenvalue weighted by atomic mass is 32.1. The number of carbonyl (C=O) groups excluding carboxylic acids is 1. The molecule has 32 heavy (non-hydrogen) atoms. The highest BCUT2D eigenvalue weighted by Gasteiger charge is 2.12. The maximum Gasteiger partial charge on any atom is 0.271 e. The molecule has 7 heteroatoms. The van der Waals surface area contributed by atoms with Gasteiger partial charge in [-0.15, -0.1) is 11.3 Å². The summed E-state index contributed by atoms with van der Waals surface area (Å²) in [5.74, 6) is 0.904. The number of carbonyl (C=O) groups is 1. The Labute approximate surface area is 189 Å². The fourth-order valence-corrected chi connectivity index (χ4v) is 3.86. The second-order valence-electron chi connectivity index (χ2n) is 7.02. The average molecular weight is 449 g/mol. The maximum atomic E-state index is 13.3. The number of halogens is 1. The number of nitrogens with zero attached hydrogens (tertiary/aromatic N) is 1. The second kappa shape index (κ2) is 10.1. The highest BCUT2D eigenvalue weighted by Crippen LogP contribution is 2.26. The smallest absolute Gasteiger partial charge is 0.271 e. The van der Waals surface area contributed by atoms with Gasteiger partial charge < -0.3 is 14.8 Å². The summed E-state index contributed by atoms with van der Waals surface area (Å²) in [6.45, 7) is 0.673. The van der Waals surface area contributed by atoms with Gasteiger partial charge in [0.25, 0.3) is 5.91 Å². The van der Waals surface area contributed by atoms with Gasteiger partial charge in [-0.3, -0.25) is 4.79 Å². The normalized spacial score (nSPS) is 10.6. The van der Waals surface area contributed by atoms with Crippen LogP contribution < -0.4 is 14.8 Å². The van der Waals surface area contributed by atoms with Gasteiger partial charge in [0.1, 0.15) is 34.6 Å². The van der Waals surface area contributed by atoms with Crippen molar-refractivity contribution in [2.75, 3.05) is 7.11 Å².